The molecular weight excluding hydrogens is 210 g/mol. The van der Waals surface area contributed by atoms with Crippen molar-refractivity contribution in [2.45, 2.75) is 45.1 Å². The van der Waals surface area contributed by atoms with E-state index < -0.39 is 0 Å². The van der Waals surface area contributed by atoms with Crippen molar-refractivity contribution in [1.82, 2.24) is 4.98 Å². The Morgan fingerprint density at radius 3 is 3.00 bits per heavy atom. The van der Waals surface area contributed by atoms with Crippen LogP contribution in [0.2, 0.25) is 0 Å². The summed E-state index contributed by atoms with van der Waals surface area (Å²) in [4.78, 5) is 6.87. The highest BCUT2D eigenvalue weighted by atomic mass is 15.2. The first-order valence-electron chi connectivity index (χ1n) is 6.74. The topological polar surface area (TPSA) is 28.2 Å². The van der Waals surface area contributed by atoms with Gasteiger partial charge in [-0.15, -0.1) is 0 Å². The van der Waals surface area contributed by atoms with Crippen molar-refractivity contribution < 1.29 is 0 Å². The lowest BCUT2D eigenvalue weighted by atomic mass is 10.1. The van der Waals surface area contributed by atoms with E-state index in [9.17, 15) is 0 Å². The highest BCUT2D eigenvalue weighted by Crippen LogP contribution is 2.26. The van der Waals surface area contributed by atoms with E-state index in [1.54, 1.807) is 0 Å². The monoisotopic (exact) mass is 233 g/mol. The number of pyridine rings is 1. The molecule has 1 aliphatic rings. The van der Waals surface area contributed by atoms with Crippen LogP contribution in [-0.2, 0) is 0 Å². The predicted molar refractivity (Wildman–Crippen MR) is 73.7 cm³/mol. The second-order valence-electron chi connectivity index (χ2n) is 4.79. The molecule has 0 aromatic carbocycles. The van der Waals surface area contributed by atoms with Crippen LogP contribution in [0.3, 0.4) is 0 Å². The first kappa shape index (κ1) is 12.2. The van der Waals surface area contributed by atoms with Gasteiger partial charge in [0.05, 0.1) is 23.8 Å². The highest BCUT2D eigenvalue weighted by molar-refractivity contribution is 5.56. The Hall–Kier alpha value is -1.25. The number of hydrogen-bond acceptors (Lipinski definition) is 3. The van der Waals surface area contributed by atoms with Gasteiger partial charge in [0.25, 0.3) is 0 Å². The van der Waals surface area contributed by atoms with Crippen LogP contribution >= 0.6 is 0 Å². The van der Waals surface area contributed by atoms with Crippen molar-refractivity contribution in [1.29, 1.82) is 0 Å². The maximum atomic E-state index is 4.33. The molecule has 1 atom stereocenters. The van der Waals surface area contributed by atoms with E-state index in [1.165, 1.54) is 44.3 Å². The quantitative estimate of drug-likeness (QED) is 0.868. The lowest BCUT2D eigenvalue weighted by Gasteiger charge is -2.31. The van der Waals surface area contributed by atoms with Crippen LogP contribution in [0, 0.1) is 0 Å². The first-order chi connectivity index (χ1) is 8.35. The third kappa shape index (κ3) is 2.90. The molecule has 1 N–H and O–H groups in total. The van der Waals surface area contributed by atoms with Gasteiger partial charge in [-0.3, -0.25) is 4.98 Å². The molecule has 0 aliphatic carbocycles. The van der Waals surface area contributed by atoms with E-state index >= 15 is 0 Å². The molecule has 0 amide bonds. The lowest BCUT2D eigenvalue weighted by Crippen LogP contribution is -2.34. The summed E-state index contributed by atoms with van der Waals surface area (Å²) in [5.74, 6) is 0. The van der Waals surface area contributed by atoms with Gasteiger partial charge in [-0.25, -0.2) is 0 Å². The molecule has 3 heteroatoms. The molecular formula is C14H23N3. The van der Waals surface area contributed by atoms with Gasteiger partial charge >= 0.3 is 0 Å². The van der Waals surface area contributed by atoms with Crippen LogP contribution in [0.15, 0.2) is 18.5 Å². The molecule has 1 unspecified atom stereocenters. The number of hydrogen-bond donors (Lipinski definition) is 1. The summed E-state index contributed by atoms with van der Waals surface area (Å²) in [6, 6.07) is 2.90. The van der Waals surface area contributed by atoms with Crippen molar-refractivity contribution in [2.75, 3.05) is 23.8 Å². The molecule has 17 heavy (non-hydrogen) atoms. The normalized spacial score (nSPS) is 21.1. The van der Waals surface area contributed by atoms with E-state index in [1.807, 2.05) is 19.4 Å². The minimum Gasteiger partial charge on any atom is -0.387 e. The summed E-state index contributed by atoms with van der Waals surface area (Å²) >= 11 is 0. The van der Waals surface area contributed by atoms with Crippen LogP contribution in [-0.4, -0.2) is 24.6 Å². The molecule has 0 bridgehead atoms. The predicted octanol–water partition coefficient (Wildman–Crippen LogP) is 3.28. The number of aromatic nitrogens is 1. The fourth-order valence-electron chi connectivity index (χ4n) is 2.66. The van der Waals surface area contributed by atoms with E-state index in [0.29, 0.717) is 6.04 Å². The third-order valence-electron chi connectivity index (χ3n) is 3.69. The largest absolute Gasteiger partial charge is 0.387 e. The zero-order valence-corrected chi connectivity index (χ0v) is 10.9. The molecule has 1 fully saturated rings. The number of nitrogens with zero attached hydrogens (tertiary/aromatic N) is 2. The second-order valence-corrected chi connectivity index (χ2v) is 4.79. The van der Waals surface area contributed by atoms with Crippen molar-refractivity contribution in [3.05, 3.63) is 18.5 Å². The molecule has 0 saturated carbocycles. The van der Waals surface area contributed by atoms with E-state index in [-0.39, 0.29) is 0 Å². The summed E-state index contributed by atoms with van der Waals surface area (Å²) in [5.41, 5.74) is 2.37. The van der Waals surface area contributed by atoms with Gasteiger partial charge in [0.1, 0.15) is 0 Å². The van der Waals surface area contributed by atoms with Crippen LogP contribution < -0.4 is 10.2 Å². The fourth-order valence-corrected chi connectivity index (χ4v) is 2.66. The highest BCUT2D eigenvalue weighted by Gasteiger charge is 2.19. The van der Waals surface area contributed by atoms with Gasteiger partial charge in [0.2, 0.25) is 0 Å². The molecule has 94 valence electrons. The standard InChI is InChI=1S/C14H23N3/c1-3-13-7-5-4-6-8-17(13)14-9-12(15-2)10-16-11-14/h9-11,13,15H,3-8H2,1-2H3. The Morgan fingerprint density at radius 1 is 1.35 bits per heavy atom. The van der Waals surface area contributed by atoms with Crippen LogP contribution in [0.5, 0.6) is 0 Å². The minimum atomic E-state index is 0.686. The average Bonchev–Trinajstić information content (AvgIpc) is 2.63. The maximum Gasteiger partial charge on any atom is 0.0575 e. The summed E-state index contributed by atoms with van der Waals surface area (Å²) in [5, 5.41) is 3.17. The third-order valence-corrected chi connectivity index (χ3v) is 3.69. The van der Waals surface area contributed by atoms with Gasteiger partial charge in [-0.2, -0.15) is 0 Å². The number of anilines is 2. The molecule has 1 aromatic heterocycles. The molecule has 2 heterocycles. The van der Waals surface area contributed by atoms with E-state index in [2.05, 4.69) is 28.2 Å². The maximum absolute atomic E-state index is 4.33. The number of rotatable bonds is 3. The van der Waals surface area contributed by atoms with E-state index in [4.69, 9.17) is 0 Å². The molecule has 1 aliphatic heterocycles. The summed E-state index contributed by atoms with van der Waals surface area (Å²) in [7, 11) is 1.94. The Balaban J connectivity index is 2.21. The van der Waals surface area contributed by atoms with Crippen molar-refractivity contribution in [3.63, 3.8) is 0 Å². The Morgan fingerprint density at radius 2 is 2.24 bits per heavy atom. The molecule has 0 radical (unpaired) electrons. The van der Waals surface area contributed by atoms with Gasteiger partial charge < -0.3 is 10.2 Å². The van der Waals surface area contributed by atoms with Crippen LogP contribution in [0.4, 0.5) is 11.4 Å². The van der Waals surface area contributed by atoms with Crippen molar-refractivity contribution in [3.8, 4) is 0 Å². The van der Waals surface area contributed by atoms with E-state index in [0.717, 1.165) is 5.69 Å². The molecule has 1 saturated heterocycles. The van der Waals surface area contributed by atoms with Crippen molar-refractivity contribution in [2.24, 2.45) is 0 Å². The van der Waals surface area contributed by atoms with Crippen LogP contribution in [0.1, 0.15) is 39.0 Å². The Kier molecular flexibility index (Phi) is 4.24. The van der Waals surface area contributed by atoms with Gasteiger partial charge in [-0.1, -0.05) is 19.8 Å². The minimum absolute atomic E-state index is 0.686. The molecule has 2 rings (SSSR count). The molecule has 1 aromatic rings. The summed E-state index contributed by atoms with van der Waals surface area (Å²) in [6.07, 6.45) is 10.5. The lowest BCUT2D eigenvalue weighted by molar-refractivity contribution is 0.556. The first-order valence-corrected chi connectivity index (χ1v) is 6.74. The molecule has 3 nitrogen and oxygen atoms in total. The molecule has 0 spiro atoms. The Bertz CT molecular complexity index is 351. The zero-order valence-electron chi connectivity index (χ0n) is 10.9. The summed E-state index contributed by atoms with van der Waals surface area (Å²) in [6.45, 7) is 3.46. The fraction of sp³-hybridized carbons (Fsp3) is 0.643. The SMILES string of the molecule is CCC1CCCCCN1c1cncc(NC)c1. The van der Waals surface area contributed by atoms with Gasteiger partial charge in [0.15, 0.2) is 0 Å². The van der Waals surface area contributed by atoms with Crippen molar-refractivity contribution >= 4 is 11.4 Å². The zero-order chi connectivity index (χ0) is 12.1. The average molecular weight is 233 g/mol. The van der Waals surface area contributed by atoms with Gasteiger partial charge in [0, 0.05) is 19.6 Å². The second kappa shape index (κ2) is 5.89. The van der Waals surface area contributed by atoms with Crippen LogP contribution in [0.25, 0.3) is 0 Å². The Labute approximate surface area is 104 Å². The summed E-state index contributed by atoms with van der Waals surface area (Å²) < 4.78 is 0. The smallest absolute Gasteiger partial charge is 0.0575 e. The van der Waals surface area contributed by atoms with Gasteiger partial charge in [-0.05, 0) is 25.3 Å². The number of nitrogens with one attached hydrogen (secondary N) is 1.